The Hall–Kier alpha value is -3.29. The smallest absolute Gasteiger partial charge is 0.266 e. The minimum Gasteiger partial charge on any atom is -0.493 e. The third-order valence-electron chi connectivity index (χ3n) is 4.69. The van der Waals surface area contributed by atoms with Crippen molar-refractivity contribution in [2.45, 2.75) is 32.6 Å². The van der Waals surface area contributed by atoms with Gasteiger partial charge in [0.05, 0.1) is 19.3 Å². The lowest BCUT2D eigenvalue weighted by Crippen LogP contribution is -2.13. The van der Waals surface area contributed by atoms with Gasteiger partial charge in [-0.2, -0.15) is 10.5 Å². The number of amides is 1. The number of thiophene rings is 1. The first-order chi connectivity index (χ1) is 14.1. The summed E-state index contributed by atoms with van der Waals surface area (Å²) in [6.45, 7) is 2.27. The third kappa shape index (κ3) is 4.26. The first-order valence-electron chi connectivity index (χ1n) is 9.40. The Balaban J connectivity index is 1.92. The molecule has 0 saturated carbocycles. The van der Waals surface area contributed by atoms with E-state index in [1.165, 1.54) is 24.5 Å². The second-order valence-corrected chi connectivity index (χ2v) is 7.57. The van der Waals surface area contributed by atoms with Crippen LogP contribution in [0.4, 0.5) is 5.00 Å². The molecule has 1 aliphatic rings. The number of nitrogens with one attached hydrogen (secondary N) is 1. The van der Waals surface area contributed by atoms with E-state index in [2.05, 4.69) is 11.4 Å². The number of benzene rings is 1. The van der Waals surface area contributed by atoms with Gasteiger partial charge in [0.15, 0.2) is 11.5 Å². The van der Waals surface area contributed by atoms with Crippen molar-refractivity contribution in [2.75, 3.05) is 19.0 Å². The Morgan fingerprint density at radius 3 is 2.79 bits per heavy atom. The van der Waals surface area contributed by atoms with Crippen molar-refractivity contribution in [3.63, 3.8) is 0 Å². The van der Waals surface area contributed by atoms with Crippen LogP contribution in [-0.2, 0) is 17.6 Å². The second kappa shape index (κ2) is 9.27. The van der Waals surface area contributed by atoms with Crippen molar-refractivity contribution in [3.8, 4) is 23.6 Å². The molecule has 3 rings (SSSR count). The summed E-state index contributed by atoms with van der Waals surface area (Å²) in [5.41, 5.74) is 2.05. The van der Waals surface area contributed by atoms with Crippen LogP contribution in [0, 0.1) is 22.7 Å². The molecule has 7 heteroatoms. The highest BCUT2D eigenvalue weighted by Crippen LogP contribution is 2.38. The fraction of sp³-hybridized carbons (Fsp3) is 0.318. The lowest BCUT2D eigenvalue weighted by Gasteiger charge is -2.12. The number of nitrogens with zero attached hydrogens (tertiary/aromatic N) is 2. The van der Waals surface area contributed by atoms with E-state index in [1.54, 1.807) is 18.2 Å². The van der Waals surface area contributed by atoms with Gasteiger partial charge < -0.3 is 14.8 Å². The maximum Gasteiger partial charge on any atom is 0.266 e. The second-order valence-electron chi connectivity index (χ2n) is 6.46. The van der Waals surface area contributed by atoms with Gasteiger partial charge in [-0.05, 0) is 50.3 Å². The van der Waals surface area contributed by atoms with Crippen LogP contribution in [0.2, 0.25) is 0 Å². The highest BCUT2D eigenvalue weighted by Gasteiger charge is 2.23. The number of nitriles is 2. The van der Waals surface area contributed by atoms with Gasteiger partial charge in [0.1, 0.15) is 22.7 Å². The Morgan fingerprint density at radius 2 is 2.10 bits per heavy atom. The predicted octanol–water partition coefficient (Wildman–Crippen LogP) is 4.45. The minimum absolute atomic E-state index is 0.0746. The molecule has 0 unspecified atom stereocenters. The molecule has 1 amide bonds. The molecule has 1 aliphatic carbocycles. The van der Waals surface area contributed by atoms with Gasteiger partial charge in [-0.1, -0.05) is 12.1 Å². The van der Waals surface area contributed by atoms with Crippen LogP contribution in [-0.4, -0.2) is 19.6 Å². The van der Waals surface area contributed by atoms with Crippen molar-refractivity contribution in [2.24, 2.45) is 0 Å². The number of ether oxygens (including phenoxy) is 2. The molecule has 0 saturated heterocycles. The maximum absolute atomic E-state index is 12.8. The molecule has 0 aliphatic heterocycles. The first kappa shape index (κ1) is 20.4. The van der Waals surface area contributed by atoms with Crippen LogP contribution in [0.15, 0.2) is 23.8 Å². The number of aryl methyl sites for hydroxylation is 1. The largest absolute Gasteiger partial charge is 0.493 e. The Morgan fingerprint density at radius 1 is 1.31 bits per heavy atom. The molecule has 0 fully saturated rings. The monoisotopic (exact) mass is 407 g/mol. The van der Waals surface area contributed by atoms with Crippen LogP contribution in [0.25, 0.3) is 6.08 Å². The highest BCUT2D eigenvalue weighted by atomic mass is 32.1. The molecule has 1 heterocycles. The molecule has 1 N–H and O–H groups in total. The first-order valence-corrected chi connectivity index (χ1v) is 10.2. The van der Waals surface area contributed by atoms with Crippen molar-refractivity contribution in [1.82, 2.24) is 0 Å². The molecule has 0 radical (unpaired) electrons. The molecule has 0 spiro atoms. The quantitative estimate of drug-likeness (QED) is 0.564. The van der Waals surface area contributed by atoms with Crippen molar-refractivity contribution < 1.29 is 14.3 Å². The molecular formula is C22H21N3O3S. The fourth-order valence-corrected chi connectivity index (χ4v) is 4.59. The molecule has 0 atom stereocenters. The summed E-state index contributed by atoms with van der Waals surface area (Å²) < 4.78 is 11.0. The SMILES string of the molecule is CCOc1c(/C=C(\C#N)C(=O)Nc2sc3c(c2C#N)CCCC3)cccc1OC. The van der Waals surface area contributed by atoms with Crippen molar-refractivity contribution in [3.05, 3.63) is 45.3 Å². The number of carbonyl (C=O) groups is 1. The lowest BCUT2D eigenvalue weighted by molar-refractivity contribution is -0.112. The molecule has 29 heavy (non-hydrogen) atoms. The van der Waals surface area contributed by atoms with E-state index in [4.69, 9.17) is 9.47 Å². The zero-order chi connectivity index (χ0) is 20.8. The standard InChI is InChI=1S/C22H21N3O3S/c1-3-28-20-14(7-6-9-18(20)27-2)11-15(12-23)21(26)25-22-17(13-24)16-8-4-5-10-19(16)29-22/h6-7,9,11H,3-5,8,10H2,1-2H3,(H,25,26)/b15-11+. The number of rotatable bonds is 6. The maximum atomic E-state index is 12.8. The number of carbonyl (C=O) groups excluding carboxylic acids is 1. The van der Waals surface area contributed by atoms with E-state index in [1.807, 2.05) is 13.0 Å². The Labute approximate surface area is 174 Å². The van der Waals surface area contributed by atoms with Gasteiger partial charge in [-0.25, -0.2) is 0 Å². The van der Waals surface area contributed by atoms with Crippen LogP contribution < -0.4 is 14.8 Å². The lowest BCUT2D eigenvalue weighted by atomic mass is 9.96. The molecule has 0 bridgehead atoms. The van der Waals surface area contributed by atoms with Crippen LogP contribution in [0.1, 0.15) is 41.3 Å². The number of fused-ring (bicyclic) bond motifs is 1. The van der Waals surface area contributed by atoms with E-state index < -0.39 is 5.91 Å². The topological polar surface area (TPSA) is 95.1 Å². The van der Waals surface area contributed by atoms with E-state index >= 15 is 0 Å². The number of methoxy groups -OCH3 is 1. The Bertz CT molecular complexity index is 1040. The van der Waals surface area contributed by atoms with Gasteiger partial charge in [-0.3, -0.25) is 4.79 Å². The summed E-state index contributed by atoms with van der Waals surface area (Å²) in [7, 11) is 1.53. The Kier molecular flexibility index (Phi) is 6.54. The zero-order valence-corrected chi connectivity index (χ0v) is 17.2. The van der Waals surface area contributed by atoms with Gasteiger partial charge >= 0.3 is 0 Å². The highest BCUT2D eigenvalue weighted by molar-refractivity contribution is 7.16. The fourth-order valence-electron chi connectivity index (χ4n) is 3.35. The van der Waals surface area contributed by atoms with Gasteiger partial charge in [-0.15, -0.1) is 11.3 Å². The van der Waals surface area contributed by atoms with E-state index in [0.29, 0.717) is 34.2 Å². The van der Waals surface area contributed by atoms with Crippen molar-refractivity contribution >= 4 is 28.3 Å². The zero-order valence-electron chi connectivity index (χ0n) is 16.4. The van der Waals surface area contributed by atoms with Crippen LogP contribution in [0.5, 0.6) is 11.5 Å². The molecular weight excluding hydrogens is 386 g/mol. The minimum atomic E-state index is -0.548. The number of para-hydroxylation sites is 1. The molecule has 1 aromatic carbocycles. The summed E-state index contributed by atoms with van der Waals surface area (Å²) in [6, 6.07) is 9.44. The normalized spacial score (nSPS) is 13.0. The van der Waals surface area contributed by atoms with Gasteiger partial charge in [0, 0.05) is 10.4 Å². The molecule has 2 aromatic rings. The molecule has 148 valence electrons. The average molecular weight is 407 g/mol. The summed E-state index contributed by atoms with van der Waals surface area (Å²) in [5, 5.41) is 22.4. The number of hydrogen-bond donors (Lipinski definition) is 1. The number of hydrogen-bond acceptors (Lipinski definition) is 6. The third-order valence-corrected chi connectivity index (χ3v) is 5.90. The average Bonchev–Trinajstić information content (AvgIpc) is 3.09. The van der Waals surface area contributed by atoms with Crippen LogP contribution >= 0.6 is 11.3 Å². The predicted molar refractivity (Wildman–Crippen MR) is 112 cm³/mol. The summed E-state index contributed by atoms with van der Waals surface area (Å²) in [5.74, 6) is 0.450. The molecule has 1 aromatic heterocycles. The van der Waals surface area contributed by atoms with E-state index in [0.717, 1.165) is 36.1 Å². The summed E-state index contributed by atoms with van der Waals surface area (Å²) in [4.78, 5) is 13.9. The molecule has 6 nitrogen and oxygen atoms in total. The summed E-state index contributed by atoms with van der Waals surface area (Å²) in [6.07, 6.45) is 5.39. The number of anilines is 1. The summed E-state index contributed by atoms with van der Waals surface area (Å²) >= 11 is 1.43. The van der Waals surface area contributed by atoms with Gasteiger partial charge in [0.2, 0.25) is 0 Å². The van der Waals surface area contributed by atoms with E-state index in [-0.39, 0.29) is 5.57 Å². The van der Waals surface area contributed by atoms with E-state index in [9.17, 15) is 15.3 Å². The van der Waals surface area contributed by atoms with Crippen LogP contribution in [0.3, 0.4) is 0 Å². The van der Waals surface area contributed by atoms with Crippen molar-refractivity contribution in [1.29, 1.82) is 10.5 Å². The van der Waals surface area contributed by atoms with Gasteiger partial charge in [0.25, 0.3) is 5.91 Å².